The molecule has 2 rings (SSSR count). The number of phenols is 1. The first-order valence-corrected chi connectivity index (χ1v) is 6.62. The van der Waals surface area contributed by atoms with Crippen LogP contribution >= 0.6 is 15.9 Å². The van der Waals surface area contributed by atoms with E-state index in [0.29, 0.717) is 4.47 Å². The minimum absolute atomic E-state index is 0.0142. The van der Waals surface area contributed by atoms with Crippen molar-refractivity contribution in [3.8, 4) is 5.75 Å². The van der Waals surface area contributed by atoms with Gasteiger partial charge in [-0.1, -0.05) is 22.0 Å². The molecule has 0 aromatic heterocycles. The van der Waals surface area contributed by atoms with E-state index in [1.165, 1.54) is 17.0 Å². The van der Waals surface area contributed by atoms with Gasteiger partial charge in [-0.3, -0.25) is 4.79 Å². The number of nitrogens with zero attached hydrogens (tertiary/aromatic N) is 1. The topological polar surface area (TPSA) is 40.5 Å². The van der Waals surface area contributed by atoms with E-state index in [1.54, 1.807) is 6.07 Å². The van der Waals surface area contributed by atoms with E-state index < -0.39 is 17.7 Å². The zero-order valence-electron chi connectivity index (χ0n) is 10.2. The van der Waals surface area contributed by atoms with E-state index in [0.717, 1.165) is 6.08 Å². The molecule has 0 radical (unpaired) electrons. The van der Waals surface area contributed by atoms with Gasteiger partial charge in [-0.2, -0.15) is 13.2 Å². The maximum Gasteiger partial charge on any atom is 0.412 e. The number of phenolic OH excluding ortho intramolecular Hbond substituents is 1. The van der Waals surface area contributed by atoms with Crippen LogP contribution < -0.4 is 0 Å². The average Bonchev–Trinajstić information content (AvgIpc) is 2.37. The largest absolute Gasteiger partial charge is 0.507 e. The van der Waals surface area contributed by atoms with Crippen molar-refractivity contribution in [3.05, 3.63) is 39.9 Å². The predicted octanol–water partition coefficient (Wildman–Crippen LogP) is 3.49. The highest BCUT2D eigenvalue weighted by atomic mass is 79.9. The Bertz CT molecular complexity index is 569. The number of carbonyl (C=O) groups is 1. The maximum absolute atomic E-state index is 12.5. The van der Waals surface area contributed by atoms with E-state index in [-0.39, 0.29) is 30.8 Å². The van der Waals surface area contributed by atoms with Crippen LogP contribution in [-0.4, -0.2) is 35.2 Å². The first-order valence-electron chi connectivity index (χ1n) is 5.83. The second-order valence-electron chi connectivity index (χ2n) is 4.39. The van der Waals surface area contributed by atoms with Gasteiger partial charge in [-0.15, -0.1) is 0 Å². The summed E-state index contributed by atoms with van der Waals surface area (Å²) in [4.78, 5) is 13.4. The normalized spacial score (nSPS) is 16.0. The molecular weight excluding hydrogens is 339 g/mol. The van der Waals surface area contributed by atoms with Gasteiger partial charge in [0.1, 0.15) is 5.75 Å². The molecule has 0 fully saturated rings. The maximum atomic E-state index is 12.5. The molecule has 0 bridgehead atoms. The highest BCUT2D eigenvalue weighted by Crippen LogP contribution is 2.31. The molecule has 1 aromatic carbocycles. The summed E-state index contributed by atoms with van der Waals surface area (Å²) in [6.07, 6.45) is -3.56. The second kappa shape index (κ2) is 5.47. The van der Waals surface area contributed by atoms with Crippen molar-refractivity contribution in [2.24, 2.45) is 0 Å². The van der Waals surface area contributed by atoms with Gasteiger partial charge in [0.2, 0.25) is 0 Å². The number of aromatic hydroxyl groups is 1. The van der Waals surface area contributed by atoms with Crippen molar-refractivity contribution in [2.75, 3.05) is 13.1 Å². The second-order valence-corrected chi connectivity index (χ2v) is 5.31. The Morgan fingerprint density at radius 2 is 2.05 bits per heavy atom. The Kier molecular flexibility index (Phi) is 4.08. The minimum Gasteiger partial charge on any atom is -0.507 e. The molecule has 0 saturated carbocycles. The van der Waals surface area contributed by atoms with Crippen molar-refractivity contribution >= 4 is 21.8 Å². The molecule has 108 valence electrons. The van der Waals surface area contributed by atoms with Crippen LogP contribution in [0.4, 0.5) is 13.2 Å². The minimum atomic E-state index is -4.34. The Balaban J connectivity index is 2.14. The molecule has 20 heavy (non-hydrogen) atoms. The zero-order valence-corrected chi connectivity index (χ0v) is 11.8. The van der Waals surface area contributed by atoms with Gasteiger partial charge in [0, 0.05) is 23.1 Å². The Hall–Kier alpha value is -1.50. The van der Waals surface area contributed by atoms with Gasteiger partial charge in [0.05, 0.1) is 5.56 Å². The summed E-state index contributed by atoms with van der Waals surface area (Å²) in [5.74, 6) is -0.678. The highest BCUT2D eigenvalue weighted by molar-refractivity contribution is 9.10. The molecule has 1 N–H and O–H groups in total. The zero-order chi connectivity index (χ0) is 14.9. The average molecular weight is 350 g/mol. The van der Waals surface area contributed by atoms with Crippen molar-refractivity contribution in [3.63, 3.8) is 0 Å². The van der Waals surface area contributed by atoms with E-state index >= 15 is 0 Å². The molecule has 0 atom stereocenters. The van der Waals surface area contributed by atoms with E-state index in [1.807, 2.05) is 0 Å². The molecule has 0 spiro atoms. The number of hydrogen-bond acceptors (Lipinski definition) is 2. The van der Waals surface area contributed by atoms with Crippen LogP contribution in [-0.2, 0) is 0 Å². The molecule has 0 saturated heterocycles. The summed E-state index contributed by atoms with van der Waals surface area (Å²) >= 11 is 3.15. The molecule has 0 unspecified atom stereocenters. The summed E-state index contributed by atoms with van der Waals surface area (Å²) in [6.45, 7) is -0.122. The Labute approximate surface area is 121 Å². The quantitative estimate of drug-likeness (QED) is 0.788. The molecule has 7 heteroatoms. The lowest BCUT2D eigenvalue weighted by molar-refractivity contribution is -0.0957. The number of rotatable bonds is 1. The van der Waals surface area contributed by atoms with Crippen LogP contribution in [0, 0.1) is 0 Å². The molecule has 0 aliphatic carbocycles. The number of amides is 1. The lowest BCUT2D eigenvalue weighted by Gasteiger charge is -2.27. The highest BCUT2D eigenvalue weighted by Gasteiger charge is 2.35. The first-order chi connectivity index (χ1) is 9.29. The van der Waals surface area contributed by atoms with Crippen molar-refractivity contribution < 1.29 is 23.1 Å². The summed E-state index contributed by atoms with van der Waals surface area (Å²) in [6, 6.07) is 4.40. The smallest absolute Gasteiger partial charge is 0.412 e. The van der Waals surface area contributed by atoms with Gasteiger partial charge in [-0.05, 0) is 24.6 Å². The standard InChI is InChI=1S/C13H11BrF3NO2/c14-9-1-2-10(11(19)7-9)12(20)18-5-3-8(4-6-18)13(15,16)17/h1-3,7,19H,4-6H2. The van der Waals surface area contributed by atoms with Crippen LogP contribution in [0.2, 0.25) is 0 Å². The molecule has 1 aromatic rings. The Morgan fingerprint density at radius 1 is 1.35 bits per heavy atom. The fourth-order valence-electron chi connectivity index (χ4n) is 1.97. The van der Waals surface area contributed by atoms with Crippen molar-refractivity contribution in [1.82, 2.24) is 4.90 Å². The number of carbonyl (C=O) groups excluding carboxylic acids is 1. The van der Waals surface area contributed by atoms with Crippen LogP contribution in [0.15, 0.2) is 34.3 Å². The predicted molar refractivity (Wildman–Crippen MR) is 70.5 cm³/mol. The third-order valence-corrected chi connectivity index (χ3v) is 3.54. The van der Waals surface area contributed by atoms with Crippen LogP contribution in [0.3, 0.4) is 0 Å². The van der Waals surface area contributed by atoms with Gasteiger partial charge in [0.15, 0.2) is 0 Å². The van der Waals surface area contributed by atoms with Crippen LogP contribution in [0.1, 0.15) is 16.8 Å². The molecule has 1 aliphatic rings. The molecular formula is C13H11BrF3NO2. The summed E-state index contributed by atoms with van der Waals surface area (Å²) in [7, 11) is 0. The first kappa shape index (κ1) is 14.9. The monoisotopic (exact) mass is 349 g/mol. The van der Waals surface area contributed by atoms with Crippen molar-refractivity contribution in [1.29, 1.82) is 0 Å². The fourth-order valence-corrected chi connectivity index (χ4v) is 2.32. The summed E-state index contributed by atoms with van der Waals surface area (Å²) in [5.41, 5.74) is -0.529. The van der Waals surface area contributed by atoms with Gasteiger partial charge >= 0.3 is 6.18 Å². The summed E-state index contributed by atoms with van der Waals surface area (Å²) in [5, 5.41) is 9.70. The molecule has 3 nitrogen and oxygen atoms in total. The van der Waals surface area contributed by atoms with E-state index in [2.05, 4.69) is 15.9 Å². The van der Waals surface area contributed by atoms with Gasteiger partial charge < -0.3 is 10.0 Å². The third-order valence-electron chi connectivity index (χ3n) is 3.05. The third kappa shape index (κ3) is 3.15. The van der Waals surface area contributed by atoms with Crippen LogP contribution in [0.5, 0.6) is 5.75 Å². The lowest BCUT2D eigenvalue weighted by atomic mass is 10.1. The molecule has 1 amide bonds. The molecule has 1 aliphatic heterocycles. The number of halogens is 4. The van der Waals surface area contributed by atoms with Crippen molar-refractivity contribution in [2.45, 2.75) is 12.6 Å². The fraction of sp³-hybridized carbons (Fsp3) is 0.308. The number of alkyl halides is 3. The number of benzene rings is 1. The SMILES string of the molecule is O=C(c1ccc(Br)cc1O)N1CC=C(C(F)(F)F)CC1. The molecule has 1 heterocycles. The lowest BCUT2D eigenvalue weighted by Crippen LogP contribution is -2.36. The van der Waals surface area contributed by atoms with Gasteiger partial charge in [-0.25, -0.2) is 0 Å². The van der Waals surface area contributed by atoms with E-state index in [9.17, 15) is 23.1 Å². The van der Waals surface area contributed by atoms with Gasteiger partial charge in [0.25, 0.3) is 5.91 Å². The van der Waals surface area contributed by atoms with E-state index in [4.69, 9.17) is 0 Å². The van der Waals surface area contributed by atoms with Crippen LogP contribution in [0.25, 0.3) is 0 Å². The summed E-state index contributed by atoms with van der Waals surface area (Å²) < 4.78 is 38.1. The number of hydrogen-bond donors (Lipinski definition) is 1. The Morgan fingerprint density at radius 3 is 2.55 bits per heavy atom.